The second-order valence-corrected chi connectivity index (χ2v) is 13.7. The minimum Gasteiger partial charge on any atom is -0.480 e. The first-order valence-electron chi connectivity index (χ1n) is 17.2. The van der Waals surface area contributed by atoms with Crippen molar-refractivity contribution in [2.45, 2.75) is 104 Å². The summed E-state index contributed by atoms with van der Waals surface area (Å²) >= 11 is 0. The molecule has 0 unspecified atom stereocenters. The van der Waals surface area contributed by atoms with Gasteiger partial charge in [-0.05, 0) is 42.2 Å². The molecule has 0 aliphatic heterocycles. The molecule has 1 heterocycles. The van der Waals surface area contributed by atoms with Gasteiger partial charge in [0.1, 0.15) is 30.2 Å². The van der Waals surface area contributed by atoms with E-state index in [0.29, 0.717) is 6.42 Å². The second-order valence-electron chi connectivity index (χ2n) is 13.7. The summed E-state index contributed by atoms with van der Waals surface area (Å²) in [6, 6.07) is 1.38. The summed E-state index contributed by atoms with van der Waals surface area (Å²) < 4.78 is 0. The van der Waals surface area contributed by atoms with Crippen LogP contribution >= 0.6 is 0 Å². The Kier molecular flexibility index (Phi) is 16.5. The lowest BCUT2D eigenvalue weighted by atomic mass is 9.96. The summed E-state index contributed by atoms with van der Waals surface area (Å²) in [7, 11) is 0. The summed E-state index contributed by atoms with van der Waals surface area (Å²) in [6.45, 7) is 10.5. The van der Waals surface area contributed by atoms with Crippen LogP contribution < -0.4 is 38.1 Å². The molecule has 6 atom stereocenters. The predicted octanol–water partition coefficient (Wildman–Crippen LogP) is 0.191. The molecule has 0 radical (unpaired) electrons. The summed E-state index contributed by atoms with van der Waals surface area (Å²) in [5.41, 5.74) is 12.3. The van der Waals surface area contributed by atoms with Crippen molar-refractivity contribution >= 4 is 52.3 Å². The molecule has 16 nitrogen and oxygen atoms in total. The Morgan fingerprint density at radius 3 is 1.78 bits per heavy atom. The number of nitrogens with two attached hydrogens (primary N) is 2. The average molecular weight is 715 g/mol. The quantitative estimate of drug-likeness (QED) is 0.0853. The third-order valence-corrected chi connectivity index (χ3v) is 8.43. The lowest BCUT2D eigenvalue weighted by Crippen LogP contribution is -2.60. The molecule has 0 aliphatic rings. The molecule has 0 bridgehead atoms. The van der Waals surface area contributed by atoms with Crippen LogP contribution in [-0.4, -0.2) is 88.3 Å². The van der Waals surface area contributed by atoms with Crippen LogP contribution in [0.4, 0.5) is 0 Å². The zero-order chi connectivity index (χ0) is 38.4. The lowest BCUT2D eigenvalue weighted by Gasteiger charge is -2.29. The Morgan fingerprint density at radius 1 is 0.745 bits per heavy atom. The van der Waals surface area contributed by atoms with E-state index in [1.807, 2.05) is 52.0 Å². The van der Waals surface area contributed by atoms with Crippen LogP contribution in [0.25, 0.3) is 10.9 Å². The van der Waals surface area contributed by atoms with Gasteiger partial charge in [-0.2, -0.15) is 0 Å². The number of carboxylic acids is 1. The fourth-order valence-electron chi connectivity index (χ4n) is 5.55. The first-order chi connectivity index (χ1) is 24.0. The number of aromatic amines is 1. The predicted molar refractivity (Wildman–Crippen MR) is 191 cm³/mol. The Hall–Kier alpha value is -4.99. The van der Waals surface area contributed by atoms with Gasteiger partial charge < -0.3 is 48.1 Å². The minimum absolute atomic E-state index is 0.0646. The SMILES string of the molecule is CC[C@H](C)[C@H](NC(=O)[C@@H](CC(C)C)NC(=O)[C@H](CC(C)C)NC(=O)[C@H](Cc1c[nH]c2ccccc12)NC(=O)CN)C(=O)N[C@@H](CC(N)=O)C(=O)O. The number of H-pyrrole nitrogens is 1. The van der Waals surface area contributed by atoms with E-state index in [1.165, 1.54) is 0 Å². The average Bonchev–Trinajstić information content (AvgIpc) is 3.47. The van der Waals surface area contributed by atoms with Crippen LogP contribution in [0.1, 0.15) is 72.8 Å². The Morgan fingerprint density at radius 2 is 1.27 bits per heavy atom. The Bertz CT molecular complexity index is 1540. The van der Waals surface area contributed by atoms with Crippen LogP contribution in [0.5, 0.6) is 0 Å². The number of aliphatic carboxylic acids is 1. The fourth-order valence-corrected chi connectivity index (χ4v) is 5.55. The van der Waals surface area contributed by atoms with Crippen LogP contribution in [0, 0.1) is 17.8 Å². The van der Waals surface area contributed by atoms with Crippen molar-refractivity contribution in [2.75, 3.05) is 6.54 Å². The number of rotatable bonds is 21. The van der Waals surface area contributed by atoms with Gasteiger partial charge in [-0.25, -0.2) is 4.79 Å². The van der Waals surface area contributed by atoms with E-state index in [1.54, 1.807) is 20.0 Å². The molecule has 282 valence electrons. The van der Waals surface area contributed by atoms with Crippen LogP contribution in [0.2, 0.25) is 0 Å². The summed E-state index contributed by atoms with van der Waals surface area (Å²) in [5.74, 6) is -6.36. The molecule has 2 aromatic rings. The largest absolute Gasteiger partial charge is 0.480 e. The third kappa shape index (κ3) is 13.3. The van der Waals surface area contributed by atoms with Crippen molar-refractivity contribution in [3.63, 3.8) is 0 Å². The molecule has 51 heavy (non-hydrogen) atoms. The van der Waals surface area contributed by atoms with Gasteiger partial charge in [-0.1, -0.05) is 66.2 Å². The van der Waals surface area contributed by atoms with Gasteiger partial charge in [0, 0.05) is 23.5 Å². The maximum atomic E-state index is 13.8. The standard InChI is InChI=1S/C35H54N8O8/c1-7-20(6)30(34(49)42-27(35(50)51)15-28(37)44)43-33(48)25(13-19(4)5)41-31(46)24(12-18(2)3)40-32(47)26(39-29(45)16-36)14-21-17-38-23-11-9-8-10-22(21)23/h8-11,17-20,24-27,30,38H,7,12-16,36H2,1-6H3,(H2,37,44)(H,39,45)(H,40,47)(H,41,46)(H,42,49)(H,43,48)(H,50,51)/t20-,24-,25+,26-,27-,30-/m0/s1. The highest BCUT2D eigenvalue weighted by Crippen LogP contribution is 2.20. The van der Waals surface area contributed by atoms with E-state index in [4.69, 9.17) is 11.5 Å². The van der Waals surface area contributed by atoms with Crippen molar-refractivity contribution in [2.24, 2.45) is 29.2 Å². The number of para-hydroxylation sites is 1. The molecule has 1 aromatic heterocycles. The Labute approximate surface area is 298 Å². The molecule has 0 aliphatic carbocycles. The number of primary amides is 1. The molecule has 0 saturated heterocycles. The van der Waals surface area contributed by atoms with Crippen LogP contribution in [0.15, 0.2) is 30.5 Å². The van der Waals surface area contributed by atoms with Gasteiger partial charge in [0.25, 0.3) is 0 Å². The number of aromatic nitrogens is 1. The molecule has 0 spiro atoms. The summed E-state index contributed by atoms with van der Waals surface area (Å²) in [4.78, 5) is 93.0. The molecule has 11 N–H and O–H groups in total. The zero-order valence-corrected chi connectivity index (χ0v) is 30.2. The molecule has 0 saturated carbocycles. The van der Waals surface area contributed by atoms with Crippen LogP contribution in [-0.2, 0) is 40.0 Å². The normalized spacial score (nSPS) is 14.8. The fraction of sp³-hybridized carbons (Fsp3) is 0.571. The van der Waals surface area contributed by atoms with Crippen molar-refractivity contribution < 1.29 is 38.7 Å². The number of hydrogen-bond acceptors (Lipinski definition) is 8. The molecule has 0 fully saturated rings. The van der Waals surface area contributed by atoms with E-state index in [2.05, 4.69) is 31.6 Å². The Balaban J connectivity index is 2.32. The molecular formula is C35H54N8O8. The number of nitrogens with one attached hydrogen (secondary N) is 6. The van der Waals surface area contributed by atoms with Crippen molar-refractivity contribution in [3.05, 3.63) is 36.0 Å². The monoisotopic (exact) mass is 714 g/mol. The topological polar surface area (TPSA) is 268 Å². The van der Waals surface area contributed by atoms with E-state index < -0.39 is 84.0 Å². The number of hydrogen-bond donors (Lipinski definition) is 9. The first-order valence-corrected chi connectivity index (χ1v) is 17.2. The van der Waals surface area contributed by atoms with Gasteiger partial charge in [-0.3, -0.25) is 28.8 Å². The maximum absolute atomic E-state index is 13.8. The molecule has 2 rings (SSSR count). The summed E-state index contributed by atoms with van der Waals surface area (Å²) in [5, 5.41) is 23.4. The molecule has 6 amide bonds. The van der Waals surface area contributed by atoms with E-state index in [0.717, 1.165) is 16.5 Å². The molecule has 1 aromatic carbocycles. The van der Waals surface area contributed by atoms with E-state index >= 15 is 0 Å². The number of amides is 6. The first kappa shape index (κ1) is 42.2. The number of benzene rings is 1. The van der Waals surface area contributed by atoms with E-state index in [-0.39, 0.29) is 37.6 Å². The van der Waals surface area contributed by atoms with Crippen LogP contribution in [0.3, 0.4) is 0 Å². The number of fused-ring (bicyclic) bond motifs is 1. The minimum atomic E-state index is -1.60. The number of carbonyl (C=O) groups excluding carboxylic acids is 6. The second kappa shape index (κ2) is 20.0. The summed E-state index contributed by atoms with van der Waals surface area (Å²) in [6.07, 6.45) is 2.01. The lowest BCUT2D eigenvalue weighted by molar-refractivity contribution is -0.144. The van der Waals surface area contributed by atoms with Gasteiger partial charge in [0.05, 0.1) is 13.0 Å². The highest BCUT2D eigenvalue weighted by molar-refractivity contribution is 5.97. The molecule has 16 heteroatoms. The van der Waals surface area contributed by atoms with Gasteiger partial charge in [0.2, 0.25) is 35.4 Å². The maximum Gasteiger partial charge on any atom is 0.326 e. The van der Waals surface area contributed by atoms with Crippen molar-refractivity contribution in [1.82, 2.24) is 31.6 Å². The highest BCUT2D eigenvalue weighted by Gasteiger charge is 2.35. The number of carbonyl (C=O) groups is 7. The highest BCUT2D eigenvalue weighted by atomic mass is 16.4. The zero-order valence-electron chi connectivity index (χ0n) is 30.2. The van der Waals surface area contributed by atoms with Gasteiger partial charge >= 0.3 is 5.97 Å². The van der Waals surface area contributed by atoms with Gasteiger partial charge in [0.15, 0.2) is 0 Å². The molecular weight excluding hydrogens is 660 g/mol. The van der Waals surface area contributed by atoms with Crippen molar-refractivity contribution in [3.8, 4) is 0 Å². The van der Waals surface area contributed by atoms with Crippen molar-refractivity contribution in [1.29, 1.82) is 0 Å². The number of carboxylic acid groups (broad SMARTS) is 1. The smallest absolute Gasteiger partial charge is 0.326 e. The van der Waals surface area contributed by atoms with Gasteiger partial charge in [-0.15, -0.1) is 0 Å². The van der Waals surface area contributed by atoms with E-state index in [9.17, 15) is 38.7 Å². The third-order valence-electron chi connectivity index (χ3n) is 8.43.